The first kappa shape index (κ1) is 11.1. The second-order valence-electron chi connectivity index (χ2n) is 4.45. The Morgan fingerprint density at radius 1 is 1.43 bits per heavy atom. The van der Waals surface area contributed by atoms with Crippen LogP contribution in [0.3, 0.4) is 0 Å². The van der Waals surface area contributed by atoms with E-state index in [1.807, 2.05) is 10.8 Å². The van der Waals surface area contributed by atoms with Crippen LogP contribution in [0.25, 0.3) is 0 Å². The van der Waals surface area contributed by atoms with Crippen molar-refractivity contribution in [1.29, 1.82) is 0 Å². The molecule has 1 aromatic heterocycles. The lowest BCUT2D eigenvalue weighted by Crippen LogP contribution is -2.48. The zero-order valence-electron chi connectivity index (χ0n) is 9.54. The first-order valence-electron chi connectivity index (χ1n) is 5.17. The van der Waals surface area contributed by atoms with Crippen LogP contribution in [-0.2, 0) is 5.54 Å². The van der Waals surface area contributed by atoms with Gasteiger partial charge in [-0.15, -0.1) is 0 Å². The van der Waals surface area contributed by atoms with Crippen LogP contribution in [-0.4, -0.2) is 6.61 Å². The molecule has 0 atom stereocenters. The fraction of sp³-hybridized carbons (Fsp3) is 0.727. The van der Waals surface area contributed by atoms with Crippen molar-refractivity contribution in [2.24, 2.45) is 0 Å². The molecule has 0 amide bonds. The summed E-state index contributed by atoms with van der Waals surface area (Å²) < 4.78 is 12.7. The second kappa shape index (κ2) is 4.49. The highest BCUT2D eigenvalue weighted by molar-refractivity contribution is 4.90. The summed E-state index contributed by atoms with van der Waals surface area (Å²) in [7, 11) is 0. The Bertz CT molecular complexity index is 273. The van der Waals surface area contributed by atoms with E-state index in [9.17, 15) is 0 Å². The summed E-state index contributed by atoms with van der Waals surface area (Å²) in [5, 5.41) is 0. The van der Waals surface area contributed by atoms with Gasteiger partial charge in [0.15, 0.2) is 5.54 Å². The molecule has 3 heteroatoms. The summed E-state index contributed by atoms with van der Waals surface area (Å²) in [6.07, 6.45) is 5.80. The largest absolute Gasteiger partial charge is 0.461 e. The molecule has 0 saturated heterocycles. The average Bonchev–Trinajstić information content (AvgIpc) is 2.52. The Morgan fingerprint density at radius 3 is 2.64 bits per heavy atom. The maximum Gasteiger partial charge on any atom is 0.356 e. The number of rotatable bonds is 4. The Kier molecular flexibility index (Phi) is 3.55. The normalized spacial score (nSPS) is 11.7. The molecule has 0 unspecified atom stereocenters. The van der Waals surface area contributed by atoms with Crippen LogP contribution in [0.15, 0.2) is 17.0 Å². The van der Waals surface area contributed by atoms with Crippen LogP contribution >= 0.6 is 0 Å². The average molecular weight is 198 g/mol. The first-order valence-corrected chi connectivity index (χ1v) is 5.17. The van der Waals surface area contributed by atoms with Gasteiger partial charge >= 0.3 is 12.3 Å². The van der Waals surface area contributed by atoms with Crippen molar-refractivity contribution in [1.82, 2.24) is 0 Å². The maximum absolute atomic E-state index is 5.43. The second-order valence-corrected chi connectivity index (χ2v) is 4.45. The van der Waals surface area contributed by atoms with Crippen molar-refractivity contribution in [2.75, 3.05) is 6.61 Å². The van der Waals surface area contributed by atoms with Crippen molar-refractivity contribution < 1.29 is 13.7 Å². The minimum atomic E-state index is 0.0515. The lowest BCUT2D eigenvalue weighted by atomic mass is 10.1. The number of oxazole rings is 1. The van der Waals surface area contributed by atoms with E-state index in [2.05, 4.69) is 27.7 Å². The molecule has 3 nitrogen and oxygen atoms in total. The van der Waals surface area contributed by atoms with Gasteiger partial charge in [-0.05, 0) is 6.42 Å². The monoisotopic (exact) mass is 198 g/mol. The van der Waals surface area contributed by atoms with Crippen LogP contribution in [0, 0.1) is 0 Å². The third-order valence-corrected chi connectivity index (χ3v) is 2.04. The highest BCUT2D eigenvalue weighted by atomic mass is 16.6. The molecule has 1 aromatic rings. The summed E-state index contributed by atoms with van der Waals surface area (Å²) >= 11 is 0. The molecule has 0 N–H and O–H groups in total. The van der Waals surface area contributed by atoms with Crippen LogP contribution in [0.1, 0.15) is 40.5 Å². The third-order valence-electron chi connectivity index (χ3n) is 2.04. The van der Waals surface area contributed by atoms with Gasteiger partial charge in [-0.25, -0.2) is 0 Å². The summed E-state index contributed by atoms with van der Waals surface area (Å²) in [5.74, 6) is 0.605. The molecule has 0 saturated carbocycles. The molecule has 1 heterocycles. The third kappa shape index (κ3) is 3.05. The fourth-order valence-corrected chi connectivity index (χ4v) is 1.02. The molecular formula is C11H20NO2+. The van der Waals surface area contributed by atoms with E-state index in [4.69, 9.17) is 9.15 Å². The topological polar surface area (TPSA) is 26.2 Å². The number of hydrogen-bond acceptors (Lipinski definition) is 2. The molecule has 0 aromatic carbocycles. The van der Waals surface area contributed by atoms with Gasteiger partial charge in [0.2, 0.25) is 0 Å². The summed E-state index contributed by atoms with van der Waals surface area (Å²) in [6, 6.07) is 0. The van der Waals surface area contributed by atoms with Gasteiger partial charge in [-0.1, -0.05) is 13.3 Å². The van der Waals surface area contributed by atoms with Crippen molar-refractivity contribution in [3.05, 3.63) is 12.6 Å². The highest BCUT2D eigenvalue weighted by Gasteiger charge is 2.24. The van der Waals surface area contributed by atoms with E-state index in [-0.39, 0.29) is 5.54 Å². The highest BCUT2D eigenvalue weighted by Crippen LogP contribution is 2.11. The smallest absolute Gasteiger partial charge is 0.356 e. The van der Waals surface area contributed by atoms with E-state index in [0.717, 1.165) is 19.4 Å². The molecule has 0 aliphatic rings. The van der Waals surface area contributed by atoms with E-state index >= 15 is 0 Å². The van der Waals surface area contributed by atoms with E-state index in [0.29, 0.717) is 5.95 Å². The molecule has 14 heavy (non-hydrogen) atoms. The number of ether oxygens (including phenoxy) is 1. The lowest BCUT2D eigenvalue weighted by Gasteiger charge is -2.07. The van der Waals surface area contributed by atoms with Gasteiger partial charge in [-0.3, -0.25) is 0 Å². The van der Waals surface area contributed by atoms with E-state index in [1.54, 1.807) is 6.39 Å². The van der Waals surface area contributed by atoms with Gasteiger partial charge in [0.05, 0.1) is 6.61 Å². The Morgan fingerprint density at radius 2 is 2.14 bits per heavy atom. The van der Waals surface area contributed by atoms with Gasteiger partial charge in [0.25, 0.3) is 6.20 Å². The summed E-state index contributed by atoms with van der Waals surface area (Å²) in [5.41, 5.74) is 0.0515. The Labute approximate surface area is 85.7 Å². The Balaban J connectivity index is 2.51. The van der Waals surface area contributed by atoms with Crippen LogP contribution < -0.4 is 9.30 Å². The van der Waals surface area contributed by atoms with Crippen molar-refractivity contribution >= 4 is 0 Å². The number of hydrogen-bond donors (Lipinski definition) is 0. The minimum Gasteiger partial charge on any atom is -0.461 e. The van der Waals surface area contributed by atoms with Gasteiger partial charge in [-0.2, -0.15) is 4.57 Å². The lowest BCUT2D eigenvalue weighted by molar-refractivity contribution is -0.756. The van der Waals surface area contributed by atoms with Crippen LogP contribution in [0.4, 0.5) is 0 Å². The maximum atomic E-state index is 5.43. The van der Waals surface area contributed by atoms with Gasteiger partial charge in [0.1, 0.15) is 0 Å². The molecule has 0 radical (unpaired) electrons. The van der Waals surface area contributed by atoms with Gasteiger partial charge in [0, 0.05) is 20.8 Å². The molecule has 0 aliphatic carbocycles. The SMILES string of the molecule is CCCCOc1c[n+](C(C)(C)C)co1. The quantitative estimate of drug-likeness (QED) is 0.549. The van der Waals surface area contributed by atoms with Crippen LogP contribution in [0.2, 0.25) is 0 Å². The Hall–Kier alpha value is -0.990. The number of aromatic nitrogens is 1. The van der Waals surface area contributed by atoms with Gasteiger partial charge < -0.3 is 9.15 Å². The zero-order valence-corrected chi connectivity index (χ0v) is 9.54. The van der Waals surface area contributed by atoms with Crippen molar-refractivity contribution in [3.8, 4) is 5.95 Å². The fourth-order valence-electron chi connectivity index (χ4n) is 1.02. The van der Waals surface area contributed by atoms with Crippen LogP contribution in [0.5, 0.6) is 5.95 Å². The van der Waals surface area contributed by atoms with E-state index in [1.165, 1.54) is 0 Å². The first-order chi connectivity index (χ1) is 6.54. The van der Waals surface area contributed by atoms with E-state index < -0.39 is 0 Å². The standard InChI is InChI=1S/C11H20NO2/c1-5-6-7-13-10-8-12(9-14-10)11(2,3)4/h8-9H,5-7H2,1-4H3/q+1. The number of unbranched alkanes of at least 4 members (excludes halogenated alkanes) is 1. The molecule has 80 valence electrons. The summed E-state index contributed by atoms with van der Waals surface area (Å²) in [6.45, 7) is 9.24. The molecule has 0 spiro atoms. The summed E-state index contributed by atoms with van der Waals surface area (Å²) in [4.78, 5) is 0. The van der Waals surface area contributed by atoms with Crippen molar-refractivity contribution in [3.63, 3.8) is 0 Å². The molecule has 0 fully saturated rings. The predicted molar refractivity (Wildman–Crippen MR) is 54.3 cm³/mol. The molecular weight excluding hydrogens is 178 g/mol. The molecule has 0 bridgehead atoms. The predicted octanol–water partition coefficient (Wildman–Crippen LogP) is 2.50. The minimum absolute atomic E-state index is 0.0515. The molecule has 0 aliphatic heterocycles. The zero-order chi connectivity index (χ0) is 10.6. The molecule has 1 rings (SSSR count). The number of nitrogens with zero attached hydrogens (tertiary/aromatic N) is 1. The van der Waals surface area contributed by atoms with Crippen molar-refractivity contribution in [2.45, 2.75) is 46.1 Å².